The Morgan fingerprint density at radius 2 is 1.77 bits per heavy atom. The Morgan fingerprint density at radius 3 is 2.41 bits per heavy atom. The minimum absolute atomic E-state index is 0.167. The Morgan fingerprint density at radius 1 is 1.14 bits per heavy atom. The highest BCUT2D eigenvalue weighted by molar-refractivity contribution is 6.05. The molecule has 22 heavy (non-hydrogen) atoms. The minimum atomic E-state index is -0.430. The van der Waals surface area contributed by atoms with Crippen LogP contribution in [-0.4, -0.2) is 25.0 Å². The van der Waals surface area contributed by atoms with Crippen molar-refractivity contribution in [1.29, 1.82) is 0 Å². The predicted molar refractivity (Wildman–Crippen MR) is 83.6 cm³/mol. The van der Waals surface area contributed by atoms with Gasteiger partial charge in [-0.2, -0.15) is 0 Å². The maximum absolute atomic E-state index is 12.9. The van der Waals surface area contributed by atoms with E-state index in [0.717, 1.165) is 16.7 Å². The van der Waals surface area contributed by atoms with Gasteiger partial charge in [0.15, 0.2) is 17.3 Å². The zero-order valence-corrected chi connectivity index (χ0v) is 13.1. The number of pyridine rings is 1. The molecular weight excluding hydrogens is 278 g/mol. The zero-order valence-electron chi connectivity index (χ0n) is 13.1. The van der Waals surface area contributed by atoms with Gasteiger partial charge in [0.25, 0.3) is 0 Å². The highest BCUT2D eigenvalue weighted by Gasteiger charge is 2.42. The van der Waals surface area contributed by atoms with E-state index in [1.54, 1.807) is 32.7 Å². The summed E-state index contributed by atoms with van der Waals surface area (Å²) >= 11 is 0. The quantitative estimate of drug-likeness (QED) is 0.870. The lowest BCUT2D eigenvalue weighted by Gasteiger charge is -2.21. The molecule has 0 aliphatic heterocycles. The molecule has 2 aromatic rings. The second-order valence-corrected chi connectivity index (χ2v) is 5.96. The number of methoxy groups -OCH3 is 2. The summed E-state index contributed by atoms with van der Waals surface area (Å²) in [5.74, 6) is 1.44. The first kappa shape index (κ1) is 14.6. The molecule has 0 bridgehead atoms. The van der Waals surface area contributed by atoms with Crippen LogP contribution < -0.4 is 9.47 Å². The molecule has 1 aliphatic rings. The van der Waals surface area contributed by atoms with Crippen LogP contribution >= 0.6 is 0 Å². The van der Waals surface area contributed by atoms with Crippen LogP contribution in [0.1, 0.15) is 28.4 Å². The molecule has 1 aromatic heterocycles. The van der Waals surface area contributed by atoms with Crippen LogP contribution in [0.4, 0.5) is 0 Å². The smallest absolute Gasteiger partial charge is 0.169 e. The van der Waals surface area contributed by atoms with E-state index < -0.39 is 5.41 Å². The van der Waals surface area contributed by atoms with E-state index in [2.05, 4.69) is 4.98 Å². The van der Waals surface area contributed by atoms with Gasteiger partial charge in [0.1, 0.15) is 0 Å². The molecule has 1 heterocycles. The van der Waals surface area contributed by atoms with E-state index in [4.69, 9.17) is 9.47 Å². The van der Waals surface area contributed by atoms with Crippen molar-refractivity contribution in [3.8, 4) is 11.5 Å². The van der Waals surface area contributed by atoms with Crippen LogP contribution in [0.5, 0.6) is 11.5 Å². The second-order valence-electron chi connectivity index (χ2n) is 5.96. The summed E-state index contributed by atoms with van der Waals surface area (Å²) in [6.45, 7) is 2.02. The normalized spacial score (nSPS) is 19.9. The Kier molecular flexibility index (Phi) is 3.61. The first-order chi connectivity index (χ1) is 10.6. The fourth-order valence-electron chi connectivity index (χ4n) is 3.20. The van der Waals surface area contributed by atoms with Crippen LogP contribution in [0, 0.1) is 5.41 Å². The summed E-state index contributed by atoms with van der Waals surface area (Å²) < 4.78 is 10.6. The number of nitrogens with zero attached hydrogens (tertiary/aromatic N) is 1. The lowest BCUT2D eigenvalue weighted by Crippen LogP contribution is -2.26. The summed E-state index contributed by atoms with van der Waals surface area (Å²) in [6.07, 6.45) is 4.94. The second kappa shape index (κ2) is 5.44. The Bertz CT molecular complexity index is 712. The van der Waals surface area contributed by atoms with Gasteiger partial charge >= 0.3 is 0 Å². The molecule has 0 spiro atoms. The average Bonchev–Trinajstić information content (AvgIpc) is 2.77. The molecule has 0 N–H and O–H groups in total. The number of ether oxygens (including phenoxy) is 2. The molecule has 4 heteroatoms. The highest BCUT2D eigenvalue weighted by atomic mass is 16.5. The van der Waals surface area contributed by atoms with Crippen LogP contribution in [0.3, 0.4) is 0 Å². The largest absolute Gasteiger partial charge is 0.493 e. The molecule has 1 aromatic carbocycles. The van der Waals surface area contributed by atoms with Gasteiger partial charge in [-0.25, -0.2) is 0 Å². The lowest BCUT2D eigenvalue weighted by molar-refractivity contribution is 0.0841. The third-order valence-electron chi connectivity index (χ3n) is 4.33. The van der Waals surface area contributed by atoms with Crippen molar-refractivity contribution in [3.05, 3.63) is 53.3 Å². The SMILES string of the molecule is COc1cc2c(cc1OC)C(=O)C(C)(Cc1ccncc1)C2. The van der Waals surface area contributed by atoms with Gasteiger partial charge in [-0.05, 0) is 48.2 Å². The van der Waals surface area contributed by atoms with Gasteiger partial charge in [0.05, 0.1) is 14.2 Å². The van der Waals surface area contributed by atoms with E-state index in [-0.39, 0.29) is 5.78 Å². The molecule has 1 aliphatic carbocycles. The number of aromatic nitrogens is 1. The molecule has 0 fully saturated rings. The number of rotatable bonds is 4. The van der Waals surface area contributed by atoms with Gasteiger partial charge in [0, 0.05) is 23.4 Å². The van der Waals surface area contributed by atoms with Crippen LogP contribution in [0.15, 0.2) is 36.7 Å². The molecular formula is C18H19NO3. The Labute approximate surface area is 130 Å². The number of carbonyl (C=O) groups excluding carboxylic acids is 1. The van der Waals surface area contributed by atoms with E-state index in [0.29, 0.717) is 24.3 Å². The molecule has 0 saturated heterocycles. The van der Waals surface area contributed by atoms with Gasteiger partial charge in [-0.15, -0.1) is 0 Å². The van der Waals surface area contributed by atoms with Crippen molar-refractivity contribution in [2.24, 2.45) is 5.41 Å². The first-order valence-electron chi connectivity index (χ1n) is 7.26. The highest BCUT2D eigenvalue weighted by Crippen LogP contribution is 2.43. The molecule has 0 amide bonds. The predicted octanol–water partition coefficient (Wildman–Crippen LogP) is 3.09. The summed E-state index contributed by atoms with van der Waals surface area (Å²) in [4.78, 5) is 16.9. The van der Waals surface area contributed by atoms with Crippen molar-refractivity contribution >= 4 is 5.78 Å². The molecule has 1 atom stereocenters. The third-order valence-corrected chi connectivity index (χ3v) is 4.33. The third kappa shape index (κ3) is 2.34. The molecule has 3 rings (SSSR count). The van der Waals surface area contributed by atoms with E-state index in [1.807, 2.05) is 25.1 Å². The molecule has 0 saturated carbocycles. The van der Waals surface area contributed by atoms with Gasteiger partial charge in [-0.1, -0.05) is 6.92 Å². The number of fused-ring (bicyclic) bond motifs is 1. The first-order valence-corrected chi connectivity index (χ1v) is 7.26. The molecule has 114 valence electrons. The Balaban J connectivity index is 1.96. The maximum atomic E-state index is 12.9. The van der Waals surface area contributed by atoms with Gasteiger partial charge < -0.3 is 9.47 Å². The summed E-state index contributed by atoms with van der Waals surface area (Å²) in [6, 6.07) is 7.64. The van der Waals surface area contributed by atoms with Crippen molar-refractivity contribution in [1.82, 2.24) is 4.98 Å². The number of hydrogen-bond donors (Lipinski definition) is 0. The summed E-state index contributed by atoms with van der Waals surface area (Å²) in [7, 11) is 3.19. The summed E-state index contributed by atoms with van der Waals surface area (Å²) in [5, 5.41) is 0. The fraction of sp³-hybridized carbons (Fsp3) is 0.333. The van der Waals surface area contributed by atoms with Crippen molar-refractivity contribution in [2.45, 2.75) is 19.8 Å². The van der Waals surface area contributed by atoms with Crippen LogP contribution in [0.25, 0.3) is 0 Å². The summed E-state index contributed by atoms with van der Waals surface area (Å²) in [5.41, 5.74) is 2.46. The fourth-order valence-corrected chi connectivity index (χ4v) is 3.20. The number of ketones is 1. The van der Waals surface area contributed by atoms with Crippen LogP contribution in [0.2, 0.25) is 0 Å². The zero-order chi connectivity index (χ0) is 15.7. The maximum Gasteiger partial charge on any atom is 0.169 e. The van der Waals surface area contributed by atoms with E-state index in [1.165, 1.54) is 0 Å². The van der Waals surface area contributed by atoms with E-state index >= 15 is 0 Å². The number of carbonyl (C=O) groups is 1. The average molecular weight is 297 g/mol. The van der Waals surface area contributed by atoms with Gasteiger partial charge in [-0.3, -0.25) is 9.78 Å². The monoisotopic (exact) mass is 297 g/mol. The molecule has 1 unspecified atom stereocenters. The minimum Gasteiger partial charge on any atom is -0.493 e. The van der Waals surface area contributed by atoms with E-state index in [9.17, 15) is 4.79 Å². The lowest BCUT2D eigenvalue weighted by atomic mass is 9.80. The standard InChI is InChI=1S/C18H19NO3/c1-18(10-12-4-6-19-7-5-12)11-13-8-15(21-2)16(22-3)9-14(13)17(18)20/h4-9H,10-11H2,1-3H3. The van der Waals surface area contributed by atoms with Gasteiger partial charge in [0.2, 0.25) is 0 Å². The number of benzene rings is 1. The van der Waals surface area contributed by atoms with Crippen molar-refractivity contribution < 1.29 is 14.3 Å². The van der Waals surface area contributed by atoms with Crippen molar-refractivity contribution in [3.63, 3.8) is 0 Å². The Hall–Kier alpha value is -2.36. The van der Waals surface area contributed by atoms with Crippen LogP contribution in [-0.2, 0) is 12.8 Å². The van der Waals surface area contributed by atoms with Crippen molar-refractivity contribution in [2.75, 3.05) is 14.2 Å². The number of Topliss-reactive ketones (excluding diaryl/α,β-unsaturated/α-hetero) is 1. The molecule has 0 radical (unpaired) electrons. The molecule has 4 nitrogen and oxygen atoms in total. The topological polar surface area (TPSA) is 48.4 Å². The number of hydrogen-bond acceptors (Lipinski definition) is 4.